The Kier molecular flexibility index (Phi) is 4.50. The van der Waals surface area contributed by atoms with Gasteiger partial charge in [0.25, 0.3) is 5.89 Å². The molecule has 1 N–H and O–H groups in total. The monoisotopic (exact) mass is 335 g/mol. The van der Waals surface area contributed by atoms with Crippen LogP contribution in [0.25, 0.3) is 10.8 Å². The number of rotatable bonds is 6. The second-order valence-electron chi connectivity index (χ2n) is 4.48. The van der Waals surface area contributed by atoms with Crippen molar-refractivity contribution >= 4 is 28.6 Å². The Morgan fingerprint density at radius 3 is 2.82 bits per heavy atom. The van der Waals surface area contributed by atoms with Crippen molar-refractivity contribution in [3.8, 4) is 10.8 Å². The van der Waals surface area contributed by atoms with Gasteiger partial charge in [-0.05, 0) is 22.9 Å². The van der Waals surface area contributed by atoms with E-state index in [4.69, 9.17) is 4.42 Å². The summed E-state index contributed by atoms with van der Waals surface area (Å²) in [7, 11) is 0. The molecule has 22 heavy (non-hydrogen) atoms. The van der Waals surface area contributed by atoms with Crippen LogP contribution in [0.15, 0.2) is 44.2 Å². The summed E-state index contributed by atoms with van der Waals surface area (Å²) in [6.45, 7) is 0.615. The minimum atomic E-state index is -0.518. The third-order valence-electron chi connectivity index (χ3n) is 2.90. The maximum Gasteiger partial charge on any atom is 0.437 e. The number of thiophene rings is 2. The molecule has 0 atom stereocenters. The van der Waals surface area contributed by atoms with Crippen LogP contribution in [-0.2, 0) is 17.8 Å². The minimum absolute atomic E-state index is 0.0718. The van der Waals surface area contributed by atoms with E-state index in [1.54, 1.807) is 11.3 Å². The van der Waals surface area contributed by atoms with Crippen LogP contribution >= 0.6 is 22.7 Å². The van der Waals surface area contributed by atoms with Crippen molar-refractivity contribution in [3.63, 3.8) is 0 Å². The predicted octanol–water partition coefficient (Wildman–Crippen LogP) is 1.99. The largest absolute Gasteiger partial charge is 0.437 e. The van der Waals surface area contributed by atoms with Crippen molar-refractivity contribution in [1.82, 2.24) is 15.1 Å². The maximum absolute atomic E-state index is 11.7. The minimum Gasteiger partial charge on any atom is -0.387 e. The molecule has 8 heteroatoms. The van der Waals surface area contributed by atoms with E-state index in [0.29, 0.717) is 18.9 Å². The van der Waals surface area contributed by atoms with Gasteiger partial charge in [0.2, 0.25) is 5.91 Å². The molecular formula is C14H13N3O3S2. The lowest BCUT2D eigenvalue weighted by atomic mass is 10.3. The second-order valence-corrected chi connectivity index (χ2v) is 6.46. The molecule has 0 fully saturated rings. The number of aromatic nitrogens is 2. The molecule has 3 rings (SSSR count). The Bertz CT molecular complexity index is 788. The van der Waals surface area contributed by atoms with Gasteiger partial charge in [0, 0.05) is 11.4 Å². The van der Waals surface area contributed by atoms with Gasteiger partial charge in [0.1, 0.15) is 0 Å². The van der Waals surface area contributed by atoms with Gasteiger partial charge in [-0.25, -0.2) is 4.79 Å². The fourth-order valence-corrected chi connectivity index (χ4v) is 3.23. The van der Waals surface area contributed by atoms with Crippen LogP contribution in [0, 0.1) is 0 Å². The molecule has 0 aliphatic heterocycles. The highest BCUT2D eigenvalue weighted by Gasteiger charge is 2.11. The molecule has 6 nitrogen and oxygen atoms in total. The first kappa shape index (κ1) is 14.7. The number of nitrogens with one attached hydrogen (secondary N) is 1. The molecule has 1 amide bonds. The molecule has 3 aromatic rings. The summed E-state index contributed by atoms with van der Waals surface area (Å²) < 4.78 is 6.32. The molecule has 0 radical (unpaired) electrons. The van der Waals surface area contributed by atoms with Gasteiger partial charge in [-0.1, -0.05) is 12.1 Å². The molecule has 114 valence electrons. The van der Waals surface area contributed by atoms with Crippen molar-refractivity contribution in [3.05, 3.63) is 50.5 Å². The summed E-state index contributed by atoms with van der Waals surface area (Å²) >= 11 is 2.99. The highest BCUT2D eigenvalue weighted by molar-refractivity contribution is 7.13. The van der Waals surface area contributed by atoms with Crippen LogP contribution < -0.4 is 11.1 Å². The molecule has 0 saturated carbocycles. The number of carbonyl (C=O) groups is 1. The normalized spacial score (nSPS) is 10.7. The van der Waals surface area contributed by atoms with Crippen LogP contribution in [0.5, 0.6) is 0 Å². The van der Waals surface area contributed by atoms with Gasteiger partial charge in [-0.3, -0.25) is 4.79 Å². The van der Waals surface area contributed by atoms with Crippen LogP contribution in [-0.4, -0.2) is 22.2 Å². The molecule has 0 saturated heterocycles. The van der Waals surface area contributed by atoms with E-state index in [9.17, 15) is 9.59 Å². The fraction of sp³-hybridized carbons (Fsp3) is 0.214. The maximum atomic E-state index is 11.7. The number of nitrogens with zero attached hydrogens (tertiary/aromatic N) is 2. The van der Waals surface area contributed by atoms with E-state index in [2.05, 4.69) is 10.4 Å². The standard InChI is InChI=1S/C14H13N3O3S2/c18-12(9-10-3-1-7-21-10)15-5-6-17-14(19)20-13(16-17)11-4-2-8-22-11/h1-4,7-8H,5-6,9H2,(H,15,18). The summed E-state index contributed by atoms with van der Waals surface area (Å²) in [6, 6.07) is 7.53. The molecule has 0 aliphatic rings. The van der Waals surface area contributed by atoms with Crippen molar-refractivity contribution in [2.75, 3.05) is 6.54 Å². The van der Waals surface area contributed by atoms with E-state index in [-0.39, 0.29) is 12.5 Å². The highest BCUT2D eigenvalue weighted by atomic mass is 32.1. The molecule has 3 heterocycles. The van der Waals surface area contributed by atoms with E-state index >= 15 is 0 Å². The third kappa shape index (κ3) is 3.52. The molecule has 3 aromatic heterocycles. The molecule has 0 aromatic carbocycles. The van der Waals surface area contributed by atoms with Crippen molar-refractivity contribution < 1.29 is 9.21 Å². The van der Waals surface area contributed by atoms with E-state index in [0.717, 1.165) is 9.75 Å². The molecule has 0 unspecified atom stereocenters. The lowest BCUT2D eigenvalue weighted by molar-refractivity contribution is -0.120. The van der Waals surface area contributed by atoms with Gasteiger partial charge < -0.3 is 9.73 Å². The first-order chi connectivity index (χ1) is 10.7. The van der Waals surface area contributed by atoms with Crippen molar-refractivity contribution in [2.24, 2.45) is 0 Å². The smallest absolute Gasteiger partial charge is 0.387 e. The molecular weight excluding hydrogens is 322 g/mol. The number of hydrogen-bond donors (Lipinski definition) is 1. The van der Waals surface area contributed by atoms with E-state index < -0.39 is 5.76 Å². The van der Waals surface area contributed by atoms with Gasteiger partial charge in [0.15, 0.2) is 0 Å². The van der Waals surface area contributed by atoms with Crippen LogP contribution in [0.3, 0.4) is 0 Å². The van der Waals surface area contributed by atoms with E-state index in [1.807, 2.05) is 35.0 Å². The first-order valence-electron chi connectivity index (χ1n) is 6.63. The number of hydrogen-bond acceptors (Lipinski definition) is 6. The Hall–Kier alpha value is -2.19. The quantitative estimate of drug-likeness (QED) is 0.747. The lowest BCUT2D eigenvalue weighted by Gasteiger charge is -2.03. The zero-order valence-electron chi connectivity index (χ0n) is 11.5. The van der Waals surface area contributed by atoms with Gasteiger partial charge in [-0.2, -0.15) is 4.68 Å². The summed E-state index contributed by atoms with van der Waals surface area (Å²) in [5, 5.41) is 10.7. The molecule has 0 bridgehead atoms. The lowest BCUT2D eigenvalue weighted by Crippen LogP contribution is -2.30. The van der Waals surface area contributed by atoms with E-state index in [1.165, 1.54) is 16.0 Å². The van der Waals surface area contributed by atoms with Crippen molar-refractivity contribution in [2.45, 2.75) is 13.0 Å². The van der Waals surface area contributed by atoms with Gasteiger partial charge in [-0.15, -0.1) is 27.8 Å². The summed E-state index contributed by atoms with van der Waals surface area (Å²) in [4.78, 5) is 25.3. The summed E-state index contributed by atoms with van der Waals surface area (Å²) in [5.74, 6) is -0.279. The van der Waals surface area contributed by atoms with Gasteiger partial charge in [0.05, 0.1) is 17.8 Å². The van der Waals surface area contributed by atoms with Gasteiger partial charge >= 0.3 is 5.76 Å². The van der Waals surface area contributed by atoms with Crippen molar-refractivity contribution in [1.29, 1.82) is 0 Å². The third-order valence-corrected chi connectivity index (χ3v) is 4.63. The Morgan fingerprint density at radius 1 is 1.27 bits per heavy atom. The Labute approximate surface area is 134 Å². The summed E-state index contributed by atoms with van der Waals surface area (Å²) in [6.07, 6.45) is 0.353. The Balaban J connectivity index is 1.53. The Morgan fingerprint density at radius 2 is 2.09 bits per heavy atom. The first-order valence-corrected chi connectivity index (χ1v) is 8.39. The zero-order chi connectivity index (χ0) is 15.4. The average molecular weight is 335 g/mol. The zero-order valence-corrected chi connectivity index (χ0v) is 13.2. The second kappa shape index (κ2) is 6.71. The van der Waals surface area contributed by atoms with Crippen LogP contribution in [0.2, 0.25) is 0 Å². The van der Waals surface area contributed by atoms with Crippen LogP contribution in [0.4, 0.5) is 0 Å². The van der Waals surface area contributed by atoms with Crippen LogP contribution in [0.1, 0.15) is 4.88 Å². The molecule has 0 aliphatic carbocycles. The summed E-state index contributed by atoms with van der Waals surface area (Å²) in [5.41, 5.74) is 0. The topological polar surface area (TPSA) is 77.1 Å². The fourth-order valence-electron chi connectivity index (χ4n) is 1.88. The average Bonchev–Trinajstić information content (AvgIpc) is 3.21. The SMILES string of the molecule is O=C(Cc1cccs1)NCCn1nc(-c2cccs2)oc1=O. The number of amides is 1. The highest BCUT2D eigenvalue weighted by Crippen LogP contribution is 2.20. The predicted molar refractivity (Wildman–Crippen MR) is 85.1 cm³/mol. The molecule has 0 spiro atoms. The number of carbonyl (C=O) groups excluding carboxylic acids is 1.